The molecule has 0 spiro atoms. The van der Waals surface area contributed by atoms with E-state index in [0.29, 0.717) is 0 Å². The highest BCUT2D eigenvalue weighted by Crippen LogP contribution is 2.51. The van der Waals surface area contributed by atoms with E-state index in [0.717, 1.165) is 29.8 Å². The maximum atomic E-state index is 5.46. The largest absolute Gasteiger partial charge is 0.309 e. The van der Waals surface area contributed by atoms with Crippen molar-refractivity contribution in [3.63, 3.8) is 0 Å². The summed E-state index contributed by atoms with van der Waals surface area (Å²) < 4.78 is 2.41. The van der Waals surface area contributed by atoms with Crippen LogP contribution < -0.4 is 0 Å². The zero-order chi connectivity index (χ0) is 41.1. The summed E-state index contributed by atoms with van der Waals surface area (Å²) in [5.74, 6) is 0.508. The van der Waals surface area contributed by atoms with Gasteiger partial charge in [0.05, 0.1) is 22.4 Å². The van der Waals surface area contributed by atoms with Gasteiger partial charge in [-0.25, -0.2) is 4.99 Å². The third-order valence-corrected chi connectivity index (χ3v) is 13.5. The van der Waals surface area contributed by atoms with Crippen LogP contribution in [0.3, 0.4) is 0 Å². The molecule has 7 aromatic carbocycles. The zero-order valence-electron chi connectivity index (χ0n) is 35.0. The molecule has 2 aliphatic carbocycles. The predicted octanol–water partition coefficient (Wildman–Crippen LogP) is 15.3. The summed E-state index contributed by atoms with van der Waals surface area (Å²) in [5, 5.41) is 2.56. The molecule has 2 heteroatoms. The lowest BCUT2D eigenvalue weighted by atomic mass is 9.79. The van der Waals surface area contributed by atoms with Gasteiger partial charge in [-0.2, -0.15) is 0 Å². The van der Waals surface area contributed by atoms with Crippen molar-refractivity contribution >= 4 is 38.8 Å². The molecule has 2 unspecified atom stereocenters. The maximum Gasteiger partial charge on any atom is 0.0675 e. The number of nitrogens with zero attached hydrogens (tertiary/aromatic N) is 2. The summed E-state index contributed by atoms with van der Waals surface area (Å²) in [4.78, 5) is 5.46. The molecule has 2 nitrogen and oxygen atoms in total. The molecule has 11 rings (SSSR count). The highest BCUT2D eigenvalue weighted by Gasteiger charge is 2.36. The topological polar surface area (TPSA) is 17.3 Å². The molecule has 1 aromatic heterocycles. The lowest BCUT2D eigenvalue weighted by molar-refractivity contribution is 0.658. The average molecular weight is 785 g/mol. The van der Waals surface area contributed by atoms with Gasteiger partial charge in [0.2, 0.25) is 0 Å². The lowest BCUT2D eigenvalue weighted by Crippen LogP contribution is -2.16. The molecule has 1 aliphatic heterocycles. The molecule has 0 saturated carbocycles. The van der Waals surface area contributed by atoms with Gasteiger partial charge in [-0.05, 0) is 110 Å². The minimum atomic E-state index is -0.151. The Balaban J connectivity index is 0.913. The quantitative estimate of drug-likeness (QED) is 0.153. The van der Waals surface area contributed by atoms with Crippen LogP contribution in [0.15, 0.2) is 211 Å². The monoisotopic (exact) mass is 784 g/mol. The van der Waals surface area contributed by atoms with Crippen molar-refractivity contribution in [3.05, 3.63) is 234 Å². The van der Waals surface area contributed by atoms with Crippen molar-refractivity contribution < 1.29 is 0 Å². The van der Waals surface area contributed by atoms with Crippen molar-refractivity contribution in [2.75, 3.05) is 0 Å². The van der Waals surface area contributed by atoms with Crippen molar-refractivity contribution in [3.8, 4) is 27.9 Å². The number of rotatable bonds is 7. The summed E-state index contributed by atoms with van der Waals surface area (Å²) >= 11 is 0. The van der Waals surface area contributed by atoms with E-state index in [4.69, 9.17) is 4.99 Å². The van der Waals surface area contributed by atoms with Gasteiger partial charge in [-0.15, -0.1) is 0 Å². The van der Waals surface area contributed by atoms with Gasteiger partial charge in [0.15, 0.2) is 0 Å². The molecule has 0 bridgehead atoms. The van der Waals surface area contributed by atoms with Crippen molar-refractivity contribution in [1.82, 2.24) is 4.57 Å². The second-order valence-electron chi connectivity index (χ2n) is 17.4. The van der Waals surface area contributed by atoms with Crippen LogP contribution in [0.2, 0.25) is 0 Å². The van der Waals surface area contributed by atoms with E-state index in [-0.39, 0.29) is 17.3 Å². The Morgan fingerprint density at radius 3 is 1.95 bits per heavy atom. The average Bonchev–Trinajstić information content (AvgIpc) is 3.67. The summed E-state index contributed by atoms with van der Waals surface area (Å²) in [5.41, 5.74) is 19.9. The number of allylic oxidation sites excluding steroid dienone is 7. The molecular weight excluding hydrogens is 737 g/mol. The smallest absolute Gasteiger partial charge is 0.0675 e. The Morgan fingerprint density at radius 1 is 0.607 bits per heavy atom. The second kappa shape index (κ2) is 14.9. The first-order chi connectivity index (χ1) is 29.9. The molecule has 2 atom stereocenters. The van der Waals surface area contributed by atoms with Crippen LogP contribution in [0, 0.1) is 5.92 Å². The fourth-order valence-electron chi connectivity index (χ4n) is 10.2. The van der Waals surface area contributed by atoms with Crippen LogP contribution in [-0.4, -0.2) is 10.3 Å². The third kappa shape index (κ3) is 6.37. The summed E-state index contributed by atoms with van der Waals surface area (Å²) in [6.07, 6.45) is 13.6. The fraction of sp³-hybridized carbons (Fsp3) is 0.136. The van der Waals surface area contributed by atoms with E-state index in [1.165, 1.54) is 83.1 Å². The van der Waals surface area contributed by atoms with Gasteiger partial charge < -0.3 is 4.57 Å². The molecule has 0 fully saturated rings. The molecule has 0 N–H and O–H groups in total. The SMILES string of the molecule is CCC1C=C(c2ccccc2)N=C(C2=CC=CC(c3ccc4c(c3)C(C)(C)c3cc(-c5cccc(-n6c7ccccc7c7ccccc76)c5)ccc3-4)C2)C=C1c1ccccc1. The molecule has 2 heterocycles. The normalized spacial score (nSPS) is 17.9. The van der Waals surface area contributed by atoms with Crippen LogP contribution in [0.5, 0.6) is 0 Å². The molecule has 61 heavy (non-hydrogen) atoms. The highest BCUT2D eigenvalue weighted by molar-refractivity contribution is 6.15. The first kappa shape index (κ1) is 37.0. The number of aliphatic imine (C=N–C) groups is 1. The number of hydrogen-bond acceptors (Lipinski definition) is 1. The van der Waals surface area contributed by atoms with E-state index in [1.54, 1.807) is 0 Å². The molecule has 8 aromatic rings. The van der Waals surface area contributed by atoms with Crippen LogP contribution >= 0.6 is 0 Å². The van der Waals surface area contributed by atoms with Crippen LogP contribution in [-0.2, 0) is 5.41 Å². The lowest BCUT2D eigenvalue weighted by Gasteiger charge is -2.25. The van der Waals surface area contributed by atoms with Gasteiger partial charge in [0.25, 0.3) is 0 Å². The van der Waals surface area contributed by atoms with Crippen LogP contribution in [0.4, 0.5) is 0 Å². The van der Waals surface area contributed by atoms with Gasteiger partial charge in [-0.3, -0.25) is 0 Å². The Bertz CT molecular complexity index is 3110. The number of fused-ring (bicyclic) bond motifs is 6. The third-order valence-electron chi connectivity index (χ3n) is 13.5. The number of hydrogen-bond donors (Lipinski definition) is 0. The molecule has 0 radical (unpaired) electrons. The Morgan fingerprint density at radius 2 is 1.23 bits per heavy atom. The Hall–Kier alpha value is -7.03. The van der Waals surface area contributed by atoms with E-state index < -0.39 is 0 Å². The molecule has 0 amide bonds. The standard InChI is InChI=1S/C59H48N2/c1-4-39-37-55(41-19-9-6-10-20-41)60-56(38-52(39)40-17-7-5-8-18-40)46-23-15-21-42(33-46)44-29-31-48-49-32-30-45(36-54(49)59(2,3)53(48)35-44)43-22-16-24-47(34-43)61-57-27-13-11-25-50(57)51-26-12-14-28-58(51)61/h5-32,34-39,42H,4,33H2,1-3H3. The van der Waals surface area contributed by atoms with Gasteiger partial charge in [0.1, 0.15) is 0 Å². The zero-order valence-corrected chi connectivity index (χ0v) is 35.0. The second-order valence-corrected chi connectivity index (χ2v) is 17.4. The van der Waals surface area contributed by atoms with Crippen LogP contribution in [0.1, 0.15) is 67.3 Å². The fourth-order valence-corrected chi connectivity index (χ4v) is 10.2. The minimum absolute atomic E-state index is 0.151. The first-order valence-electron chi connectivity index (χ1n) is 21.8. The number of benzene rings is 7. The predicted molar refractivity (Wildman–Crippen MR) is 258 cm³/mol. The molecule has 3 aliphatic rings. The van der Waals surface area contributed by atoms with E-state index in [9.17, 15) is 0 Å². The van der Waals surface area contributed by atoms with E-state index >= 15 is 0 Å². The Labute approximate surface area is 359 Å². The summed E-state index contributed by atoms with van der Waals surface area (Å²) in [6.45, 7) is 7.09. The highest BCUT2D eigenvalue weighted by atomic mass is 15.0. The van der Waals surface area contributed by atoms with Crippen molar-refractivity contribution in [2.24, 2.45) is 10.9 Å². The van der Waals surface area contributed by atoms with E-state index in [2.05, 4.69) is 226 Å². The maximum absolute atomic E-state index is 5.46. The summed E-state index contributed by atoms with van der Waals surface area (Å²) in [7, 11) is 0. The van der Waals surface area contributed by atoms with Gasteiger partial charge in [0, 0.05) is 33.7 Å². The first-order valence-corrected chi connectivity index (χ1v) is 21.8. The van der Waals surface area contributed by atoms with Gasteiger partial charge >= 0.3 is 0 Å². The number of aromatic nitrogens is 1. The summed E-state index contributed by atoms with van der Waals surface area (Å²) in [6, 6.07) is 62.4. The van der Waals surface area contributed by atoms with Crippen molar-refractivity contribution in [2.45, 2.75) is 44.9 Å². The van der Waals surface area contributed by atoms with E-state index in [1.807, 2.05) is 0 Å². The number of para-hydroxylation sites is 2. The minimum Gasteiger partial charge on any atom is -0.309 e. The Kier molecular flexibility index (Phi) is 9.04. The molecule has 294 valence electrons. The van der Waals surface area contributed by atoms with Gasteiger partial charge in [-0.1, -0.05) is 185 Å². The molecule has 0 saturated heterocycles. The van der Waals surface area contributed by atoms with Crippen LogP contribution in [0.25, 0.3) is 61.0 Å². The van der Waals surface area contributed by atoms with Crippen molar-refractivity contribution in [1.29, 1.82) is 0 Å². The molecular formula is C59H48N2.